The summed E-state index contributed by atoms with van der Waals surface area (Å²) >= 11 is 0. The fourth-order valence-electron chi connectivity index (χ4n) is 0.942. The Labute approximate surface area is 105 Å². The highest BCUT2D eigenvalue weighted by Gasteiger charge is 1.89. The van der Waals surface area contributed by atoms with Crippen molar-refractivity contribution in [1.82, 2.24) is 10.3 Å². The van der Waals surface area contributed by atoms with Gasteiger partial charge in [-0.3, -0.25) is 4.98 Å². The first-order valence-electron chi connectivity index (χ1n) is 5.24. The number of rotatable bonds is 5. The predicted molar refractivity (Wildman–Crippen MR) is 66.3 cm³/mol. The smallest absolute Gasteiger partial charge is 0.328 e. The molecule has 1 heterocycles. The molecule has 6 heteroatoms. The Morgan fingerprint density at radius 1 is 1.28 bits per heavy atom. The van der Waals surface area contributed by atoms with Gasteiger partial charge in [0.25, 0.3) is 0 Å². The number of aromatic nitrogens is 1. The van der Waals surface area contributed by atoms with Crippen molar-refractivity contribution in [3.8, 4) is 0 Å². The summed E-state index contributed by atoms with van der Waals surface area (Å²) in [5.41, 5.74) is 1.15. The summed E-state index contributed by atoms with van der Waals surface area (Å²) in [6.45, 7) is 0.997. The van der Waals surface area contributed by atoms with Crippen LogP contribution in [0.1, 0.15) is 5.69 Å². The van der Waals surface area contributed by atoms with Crippen LogP contribution in [0, 0.1) is 0 Å². The maximum Gasteiger partial charge on any atom is 0.328 e. The van der Waals surface area contributed by atoms with E-state index in [4.69, 9.17) is 10.2 Å². The van der Waals surface area contributed by atoms with E-state index in [0.717, 1.165) is 18.7 Å². The van der Waals surface area contributed by atoms with Gasteiger partial charge >= 0.3 is 11.9 Å². The zero-order valence-electron chi connectivity index (χ0n) is 10.0. The van der Waals surface area contributed by atoms with Crippen molar-refractivity contribution >= 4 is 11.9 Å². The van der Waals surface area contributed by atoms with Gasteiger partial charge in [0.2, 0.25) is 0 Å². The van der Waals surface area contributed by atoms with Crippen LogP contribution < -0.4 is 5.32 Å². The molecule has 0 saturated heterocycles. The molecule has 0 aliphatic carbocycles. The van der Waals surface area contributed by atoms with E-state index in [1.165, 1.54) is 0 Å². The van der Waals surface area contributed by atoms with Crippen LogP contribution in [-0.4, -0.2) is 40.7 Å². The maximum absolute atomic E-state index is 9.55. The first-order chi connectivity index (χ1) is 8.56. The molecule has 18 heavy (non-hydrogen) atoms. The second-order valence-electron chi connectivity index (χ2n) is 3.18. The van der Waals surface area contributed by atoms with Crippen LogP contribution in [0.2, 0.25) is 0 Å². The Hall–Kier alpha value is -2.21. The van der Waals surface area contributed by atoms with E-state index in [-0.39, 0.29) is 0 Å². The van der Waals surface area contributed by atoms with E-state index in [1.807, 2.05) is 31.4 Å². The van der Waals surface area contributed by atoms with E-state index < -0.39 is 11.9 Å². The van der Waals surface area contributed by atoms with Gasteiger partial charge in [-0.25, -0.2) is 9.59 Å². The van der Waals surface area contributed by atoms with Crippen molar-refractivity contribution in [3.05, 3.63) is 42.2 Å². The number of pyridine rings is 1. The average Bonchev–Trinajstić information content (AvgIpc) is 2.36. The molecular formula is C12H16N2O4. The second-order valence-corrected chi connectivity index (χ2v) is 3.18. The Balaban J connectivity index is 0.000000331. The number of aliphatic carboxylic acids is 2. The highest BCUT2D eigenvalue weighted by atomic mass is 16.4. The van der Waals surface area contributed by atoms with Gasteiger partial charge in [-0.05, 0) is 19.2 Å². The minimum absolute atomic E-state index is 0.558. The van der Waals surface area contributed by atoms with Gasteiger partial charge in [-0.1, -0.05) is 6.07 Å². The van der Waals surface area contributed by atoms with Crippen molar-refractivity contribution in [3.63, 3.8) is 0 Å². The van der Waals surface area contributed by atoms with Crippen LogP contribution in [0.4, 0.5) is 0 Å². The molecule has 0 fully saturated rings. The minimum Gasteiger partial charge on any atom is -0.478 e. The maximum atomic E-state index is 9.55. The molecule has 0 unspecified atom stereocenters. The van der Waals surface area contributed by atoms with Crippen LogP contribution >= 0.6 is 0 Å². The number of carbonyl (C=O) groups is 2. The Morgan fingerprint density at radius 3 is 2.28 bits per heavy atom. The summed E-state index contributed by atoms with van der Waals surface area (Å²) in [5, 5.41) is 18.7. The van der Waals surface area contributed by atoms with E-state index in [1.54, 1.807) is 0 Å². The zero-order chi connectivity index (χ0) is 13.8. The van der Waals surface area contributed by atoms with E-state index in [2.05, 4.69) is 10.3 Å². The summed E-state index contributed by atoms with van der Waals surface area (Å²) in [7, 11) is 1.95. The van der Waals surface area contributed by atoms with Gasteiger partial charge in [-0.2, -0.15) is 0 Å². The number of likely N-dealkylation sites (N-methyl/N-ethyl adjacent to an activating group) is 1. The fraction of sp³-hybridized carbons (Fsp3) is 0.250. The number of hydrogen-bond donors (Lipinski definition) is 3. The van der Waals surface area contributed by atoms with Crippen molar-refractivity contribution < 1.29 is 19.8 Å². The lowest BCUT2D eigenvalue weighted by Gasteiger charge is -1.96. The molecule has 1 aromatic rings. The first kappa shape index (κ1) is 15.8. The highest BCUT2D eigenvalue weighted by molar-refractivity contribution is 5.89. The van der Waals surface area contributed by atoms with Crippen LogP contribution in [0.15, 0.2) is 36.5 Å². The third-order valence-electron chi connectivity index (χ3n) is 1.73. The molecule has 0 amide bonds. The van der Waals surface area contributed by atoms with Crippen LogP contribution in [0.3, 0.4) is 0 Å². The van der Waals surface area contributed by atoms with Crippen molar-refractivity contribution in [2.45, 2.75) is 6.42 Å². The summed E-state index contributed by atoms with van der Waals surface area (Å²) in [5.74, 6) is -2.51. The molecule has 6 nitrogen and oxygen atoms in total. The Kier molecular flexibility index (Phi) is 8.75. The van der Waals surface area contributed by atoms with Gasteiger partial charge in [0.1, 0.15) is 0 Å². The SMILES string of the molecule is CNCCc1ccccn1.O=C(O)/C=C\C(=O)O. The highest BCUT2D eigenvalue weighted by Crippen LogP contribution is 1.92. The monoisotopic (exact) mass is 252 g/mol. The van der Waals surface area contributed by atoms with Crippen LogP contribution in [0.25, 0.3) is 0 Å². The van der Waals surface area contributed by atoms with Gasteiger partial charge in [0, 0.05) is 37.0 Å². The number of nitrogens with one attached hydrogen (secondary N) is 1. The summed E-state index contributed by atoms with van der Waals surface area (Å²) in [6.07, 6.45) is 3.95. The molecule has 1 aromatic heterocycles. The molecule has 0 bridgehead atoms. The van der Waals surface area contributed by atoms with E-state index >= 15 is 0 Å². The van der Waals surface area contributed by atoms with Crippen molar-refractivity contribution in [2.75, 3.05) is 13.6 Å². The first-order valence-corrected chi connectivity index (χ1v) is 5.24. The normalized spacial score (nSPS) is 9.61. The predicted octanol–water partition coefficient (Wildman–Crippen LogP) is 0.555. The van der Waals surface area contributed by atoms with E-state index in [9.17, 15) is 9.59 Å². The Morgan fingerprint density at radius 2 is 1.89 bits per heavy atom. The lowest BCUT2D eigenvalue weighted by Crippen LogP contribution is -2.10. The number of nitrogens with zero attached hydrogens (tertiary/aromatic N) is 1. The number of hydrogen-bond acceptors (Lipinski definition) is 4. The molecule has 0 spiro atoms. The van der Waals surface area contributed by atoms with Crippen LogP contribution in [0.5, 0.6) is 0 Å². The topological polar surface area (TPSA) is 99.5 Å². The average molecular weight is 252 g/mol. The van der Waals surface area contributed by atoms with Crippen molar-refractivity contribution in [1.29, 1.82) is 0 Å². The van der Waals surface area contributed by atoms with Gasteiger partial charge in [-0.15, -0.1) is 0 Å². The molecule has 0 aromatic carbocycles. The van der Waals surface area contributed by atoms with Gasteiger partial charge in [0.15, 0.2) is 0 Å². The third kappa shape index (κ3) is 10.3. The largest absolute Gasteiger partial charge is 0.478 e. The fourth-order valence-corrected chi connectivity index (χ4v) is 0.942. The van der Waals surface area contributed by atoms with Crippen molar-refractivity contribution in [2.24, 2.45) is 0 Å². The lowest BCUT2D eigenvalue weighted by molar-refractivity contribution is -0.134. The summed E-state index contributed by atoms with van der Waals surface area (Å²) < 4.78 is 0. The molecule has 0 aliphatic rings. The van der Waals surface area contributed by atoms with Crippen LogP contribution in [-0.2, 0) is 16.0 Å². The molecule has 0 saturated carbocycles. The van der Waals surface area contributed by atoms with Gasteiger partial charge < -0.3 is 15.5 Å². The molecule has 0 aliphatic heterocycles. The lowest BCUT2D eigenvalue weighted by atomic mass is 10.3. The second kappa shape index (κ2) is 9.98. The Bertz CT molecular complexity index is 374. The molecule has 1 rings (SSSR count). The number of carboxylic acids is 2. The third-order valence-corrected chi connectivity index (χ3v) is 1.73. The summed E-state index contributed by atoms with van der Waals surface area (Å²) in [4.78, 5) is 23.3. The zero-order valence-corrected chi connectivity index (χ0v) is 10.0. The standard InChI is InChI=1S/C8H12N2.C4H4O4/c1-9-7-5-8-4-2-3-6-10-8;5-3(6)1-2-4(7)8/h2-4,6,9H,5,7H2,1H3;1-2H,(H,5,6)(H,7,8)/b;2-1-. The summed E-state index contributed by atoms with van der Waals surface area (Å²) in [6, 6.07) is 5.98. The minimum atomic E-state index is -1.26. The van der Waals surface area contributed by atoms with Gasteiger partial charge in [0.05, 0.1) is 0 Å². The quantitative estimate of drug-likeness (QED) is 0.662. The molecule has 3 N–H and O–H groups in total. The van der Waals surface area contributed by atoms with E-state index in [0.29, 0.717) is 12.2 Å². The molecular weight excluding hydrogens is 236 g/mol. The molecule has 98 valence electrons. The molecule has 0 radical (unpaired) electrons. The number of carboxylic acid groups (broad SMARTS) is 2. The molecule has 0 atom stereocenters.